The second-order valence-corrected chi connectivity index (χ2v) is 4.54. The molecule has 0 fully saturated rings. The van der Waals surface area contributed by atoms with Crippen molar-refractivity contribution in [2.24, 2.45) is 0 Å². The lowest BCUT2D eigenvalue weighted by atomic mass is 9.97. The minimum atomic E-state index is -0.833. The molecule has 1 rings (SSSR count). The van der Waals surface area contributed by atoms with Crippen molar-refractivity contribution in [1.29, 1.82) is 5.41 Å². The molecule has 0 aliphatic heterocycles. The normalized spacial score (nSPS) is 9.35. The van der Waals surface area contributed by atoms with Crippen LogP contribution in [-0.4, -0.2) is 23.4 Å². The van der Waals surface area contributed by atoms with Gasteiger partial charge in [0, 0.05) is 12.6 Å². The minimum Gasteiger partial charge on any atom is -0.494 e. The van der Waals surface area contributed by atoms with Crippen molar-refractivity contribution in [1.82, 2.24) is 0 Å². The van der Waals surface area contributed by atoms with Crippen LogP contribution in [0.2, 0.25) is 0 Å². The molecule has 0 amide bonds. The molecule has 0 aliphatic carbocycles. The maximum absolute atomic E-state index is 9.00. The fourth-order valence-electron chi connectivity index (χ4n) is 1.72. The van der Waals surface area contributed by atoms with Gasteiger partial charge in [-0.3, -0.25) is 4.79 Å². The number of nitrogens with one attached hydrogen (secondary N) is 1. The summed E-state index contributed by atoms with van der Waals surface area (Å²) < 4.78 is 5.48. The molecule has 0 bridgehead atoms. The van der Waals surface area contributed by atoms with Crippen LogP contribution in [0.25, 0.3) is 5.57 Å². The Morgan fingerprint density at radius 3 is 2.26 bits per heavy atom. The van der Waals surface area contributed by atoms with Crippen molar-refractivity contribution in [3.05, 3.63) is 35.4 Å². The van der Waals surface area contributed by atoms with Crippen LogP contribution in [-0.2, 0) is 4.79 Å². The summed E-state index contributed by atoms with van der Waals surface area (Å²) >= 11 is 0. The molecule has 23 heavy (non-hydrogen) atoms. The highest BCUT2D eigenvalue weighted by Crippen LogP contribution is 2.24. The van der Waals surface area contributed by atoms with Crippen LogP contribution >= 0.6 is 0 Å². The lowest BCUT2D eigenvalue weighted by Crippen LogP contribution is -1.99. The van der Waals surface area contributed by atoms with Gasteiger partial charge in [0.25, 0.3) is 5.97 Å². The van der Waals surface area contributed by atoms with Gasteiger partial charge in [-0.2, -0.15) is 0 Å². The molecule has 0 heterocycles. The van der Waals surface area contributed by atoms with E-state index in [-0.39, 0.29) is 0 Å². The van der Waals surface area contributed by atoms with Gasteiger partial charge in [0.2, 0.25) is 0 Å². The Morgan fingerprint density at radius 2 is 1.91 bits per heavy atom. The molecule has 1 aromatic rings. The number of aliphatic carboxylic acids is 1. The van der Waals surface area contributed by atoms with Gasteiger partial charge < -0.3 is 15.3 Å². The first kappa shape index (κ1) is 22.7. The third-order valence-corrected chi connectivity index (χ3v) is 2.50. The predicted octanol–water partition coefficient (Wildman–Crippen LogP) is 4.57. The van der Waals surface area contributed by atoms with Gasteiger partial charge in [-0.05, 0) is 63.5 Å². The number of aryl methyl sites for hydroxylation is 1. The molecular weight excluding hydrogens is 290 g/mol. The molecule has 0 unspecified atom stereocenters. The van der Waals surface area contributed by atoms with E-state index in [0.717, 1.165) is 23.8 Å². The number of benzene rings is 1. The van der Waals surface area contributed by atoms with Crippen LogP contribution in [0.4, 0.5) is 0 Å². The van der Waals surface area contributed by atoms with Crippen LogP contribution in [0, 0.1) is 24.7 Å². The number of hydrogen-bond donors (Lipinski definition) is 2. The Bertz CT molecular complexity index is 577. The van der Waals surface area contributed by atoms with E-state index in [9.17, 15) is 0 Å². The van der Waals surface area contributed by atoms with Crippen molar-refractivity contribution in [2.75, 3.05) is 6.61 Å². The number of ether oxygens (including phenoxy) is 1. The number of allylic oxidation sites excluding steroid dienone is 2. The summed E-state index contributed by atoms with van der Waals surface area (Å²) in [4.78, 5) is 9.00. The van der Waals surface area contributed by atoms with Crippen LogP contribution in [0.1, 0.15) is 45.7 Å². The van der Waals surface area contributed by atoms with Gasteiger partial charge in [0.15, 0.2) is 0 Å². The Kier molecular flexibility index (Phi) is 13.0. The summed E-state index contributed by atoms with van der Waals surface area (Å²) in [7, 11) is 0. The van der Waals surface area contributed by atoms with Gasteiger partial charge in [0.05, 0.1) is 6.61 Å². The summed E-state index contributed by atoms with van der Waals surface area (Å²) in [6, 6.07) is 6.01. The van der Waals surface area contributed by atoms with E-state index in [1.165, 1.54) is 5.56 Å². The molecule has 0 saturated carbocycles. The number of terminal acetylenes is 1. The van der Waals surface area contributed by atoms with Crippen molar-refractivity contribution < 1.29 is 14.6 Å². The summed E-state index contributed by atoms with van der Waals surface area (Å²) in [6.07, 6.45) is 6.57. The van der Waals surface area contributed by atoms with Gasteiger partial charge in [-0.15, -0.1) is 12.3 Å². The average molecular weight is 317 g/mol. The van der Waals surface area contributed by atoms with Gasteiger partial charge in [-0.25, -0.2) is 0 Å². The third-order valence-electron chi connectivity index (χ3n) is 2.50. The number of carboxylic acid groups (broad SMARTS) is 1. The van der Waals surface area contributed by atoms with E-state index in [4.69, 9.17) is 20.0 Å². The zero-order chi connectivity index (χ0) is 18.4. The first-order valence-corrected chi connectivity index (χ1v) is 7.27. The highest BCUT2D eigenvalue weighted by Gasteiger charge is 2.07. The average Bonchev–Trinajstić information content (AvgIpc) is 2.43. The van der Waals surface area contributed by atoms with Crippen LogP contribution in [0.3, 0.4) is 0 Å². The molecule has 0 spiro atoms. The second kappa shape index (κ2) is 13.1. The Morgan fingerprint density at radius 1 is 1.43 bits per heavy atom. The van der Waals surface area contributed by atoms with Crippen molar-refractivity contribution in [2.45, 2.75) is 41.5 Å². The van der Waals surface area contributed by atoms with Gasteiger partial charge in [-0.1, -0.05) is 12.1 Å². The monoisotopic (exact) mass is 317 g/mol. The molecule has 4 nitrogen and oxygen atoms in total. The lowest BCUT2D eigenvalue weighted by molar-refractivity contribution is -0.134. The maximum Gasteiger partial charge on any atom is 0.300 e. The first-order valence-electron chi connectivity index (χ1n) is 7.27. The Labute approximate surface area is 139 Å². The van der Waals surface area contributed by atoms with E-state index >= 15 is 0 Å². The molecule has 0 aliphatic rings. The maximum atomic E-state index is 9.00. The third kappa shape index (κ3) is 10.8. The van der Waals surface area contributed by atoms with Crippen LogP contribution < -0.4 is 4.74 Å². The number of hydrogen-bond acceptors (Lipinski definition) is 3. The van der Waals surface area contributed by atoms with E-state index in [0.29, 0.717) is 12.3 Å². The van der Waals surface area contributed by atoms with Gasteiger partial charge in [0.1, 0.15) is 5.75 Å². The highest BCUT2D eigenvalue weighted by molar-refractivity contribution is 6.21. The van der Waals surface area contributed by atoms with Crippen LogP contribution in [0.15, 0.2) is 24.3 Å². The number of carbonyl (C=O) groups is 1. The van der Waals surface area contributed by atoms with E-state index in [1.807, 2.05) is 45.0 Å². The summed E-state index contributed by atoms with van der Waals surface area (Å²) in [5.41, 5.74) is 3.81. The summed E-state index contributed by atoms with van der Waals surface area (Å²) in [5.74, 6) is 2.28. The van der Waals surface area contributed by atoms with Crippen LogP contribution in [0.5, 0.6) is 5.75 Å². The predicted molar refractivity (Wildman–Crippen MR) is 97.2 cm³/mol. The van der Waals surface area contributed by atoms with E-state index in [2.05, 4.69) is 19.3 Å². The van der Waals surface area contributed by atoms with E-state index in [1.54, 1.807) is 6.92 Å². The molecule has 0 radical (unpaired) electrons. The van der Waals surface area contributed by atoms with Crippen molar-refractivity contribution >= 4 is 17.3 Å². The molecule has 126 valence electrons. The standard InChI is InChI=1S/C14H19NO.C3H4.C2H4O2/c1-5-13(11(4)15)14-9-12(16-6-2)8-7-10(14)3;1-3-2;1-2(3)4/h5,7-9,15H,6H2,1-4H3;1H,2H3;1H3,(H,3,4)/b13-5-,15-11?;;. The molecule has 1 aromatic carbocycles. The molecular formula is C19H27NO3. The second-order valence-electron chi connectivity index (χ2n) is 4.54. The fourth-order valence-corrected chi connectivity index (χ4v) is 1.72. The topological polar surface area (TPSA) is 70.4 Å². The Hall–Kier alpha value is -2.54. The van der Waals surface area contributed by atoms with Gasteiger partial charge >= 0.3 is 0 Å². The fraction of sp³-hybridized carbons (Fsp3) is 0.368. The molecule has 2 N–H and O–H groups in total. The molecule has 0 atom stereocenters. The smallest absolute Gasteiger partial charge is 0.300 e. The Balaban J connectivity index is 0. The zero-order valence-electron chi connectivity index (χ0n) is 14.9. The summed E-state index contributed by atoms with van der Waals surface area (Å²) in [5, 5.41) is 15.2. The zero-order valence-corrected chi connectivity index (χ0v) is 14.9. The SMILES string of the molecule is C#CC.C/C=C(/C(C)=N)c1cc(OCC)ccc1C.CC(=O)O. The number of rotatable bonds is 4. The quantitative estimate of drug-likeness (QED) is 0.631. The molecule has 0 saturated heterocycles. The molecule has 0 aromatic heterocycles. The first-order chi connectivity index (χ1) is 10.7. The molecule has 4 heteroatoms. The largest absolute Gasteiger partial charge is 0.494 e. The number of carboxylic acids is 1. The summed E-state index contributed by atoms with van der Waals surface area (Å²) in [6.45, 7) is 11.2. The minimum absolute atomic E-state index is 0.583. The van der Waals surface area contributed by atoms with E-state index < -0.39 is 5.97 Å². The van der Waals surface area contributed by atoms with Crippen molar-refractivity contribution in [3.8, 4) is 18.1 Å². The lowest BCUT2D eigenvalue weighted by Gasteiger charge is -2.11. The highest BCUT2D eigenvalue weighted by atomic mass is 16.5. The van der Waals surface area contributed by atoms with Crippen molar-refractivity contribution in [3.63, 3.8) is 0 Å².